The van der Waals surface area contributed by atoms with Gasteiger partial charge in [-0.05, 0) is 54.7 Å². The molecule has 0 spiro atoms. The largest absolute Gasteiger partial charge is 0.399 e. The molecule has 3 heteroatoms. The Morgan fingerprint density at radius 2 is 1.86 bits per heavy atom. The van der Waals surface area contributed by atoms with Gasteiger partial charge in [0.15, 0.2) is 0 Å². The molecule has 1 saturated heterocycles. The summed E-state index contributed by atoms with van der Waals surface area (Å²) in [6, 6.07) is 16.3. The quantitative estimate of drug-likeness (QED) is 0.820. The number of nitrogens with two attached hydrogens (primary N) is 1. The maximum Gasteiger partial charge on any atom is 0.254 e. The average Bonchev–Trinajstić information content (AvgIpc) is 2.93. The number of benzene rings is 2. The molecule has 4 rings (SSSR count). The normalized spacial score (nSPS) is 23.0. The third kappa shape index (κ3) is 2.08. The van der Waals surface area contributed by atoms with Crippen molar-refractivity contribution in [1.82, 2.24) is 4.90 Å². The summed E-state index contributed by atoms with van der Waals surface area (Å²) in [5, 5.41) is 0. The molecule has 22 heavy (non-hydrogen) atoms. The first-order valence-corrected chi connectivity index (χ1v) is 7.98. The van der Waals surface area contributed by atoms with Gasteiger partial charge in [0.1, 0.15) is 0 Å². The van der Waals surface area contributed by atoms with E-state index in [0.717, 1.165) is 24.9 Å². The highest BCUT2D eigenvalue weighted by molar-refractivity contribution is 5.95. The highest BCUT2D eigenvalue weighted by atomic mass is 16.2. The number of carbonyl (C=O) groups excluding carboxylic acids is 1. The van der Waals surface area contributed by atoms with E-state index in [1.165, 1.54) is 17.5 Å². The molecule has 2 aromatic rings. The maximum atomic E-state index is 12.9. The van der Waals surface area contributed by atoms with E-state index >= 15 is 0 Å². The van der Waals surface area contributed by atoms with Crippen LogP contribution in [0.15, 0.2) is 48.5 Å². The van der Waals surface area contributed by atoms with Crippen LogP contribution in [0, 0.1) is 0 Å². The number of nitrogen functional groups attached to an aromatic ring is 1. The van der Waals surface area contributed by atoms with Crippen LogP contribution in [-0.2, 0) is 6.42 Å². The summed E-state index contributed by atoms with van der Waals surface area (Å²) in [6.45, 7) is 0.859. The molecule has 3 nitrogen and oxygen atoms in total. The number of hydrogen-bond acceptors (Lipinski definition) is 2. The summed E-state index contributed by atoms with van der Waals surface area (Å²) in [7, 11) is 0. The number of anilines is 1. The number of likely N-dealkylation sites (tertiary alicyclic amines) is 1. The lowest BCUT2D eigenvalue weighted by molar-refractivity contribution is 0.0595. The molecule has 2 aromatic carbocycles. The molecular weight excluding hydrogens is 272 g/mol. The van der Waals surface area contributed by atoms with Gasteiger partial charge in [-0.3, -0.25) is 4.79 Å². The smallest absolute Gasteiger partial charge is 0.254 e. The van der Waals surface area contributed by atoms with Crippen molar-refractivity contribution in [2.45, 2.75) is 31.2 Å². The van der Waals surface area contributed by atoms with Crippen LogP contribution in [0.3, 0.4) is 0 Å². The molecule has 2 aliphatic rings. The molecule has 1 heterocycles. The zero-order valence-electron chi connectivity index (χ0n) is 12.5. The van der Waals surface area contributed by atoms with E-state index in [9.17, 15) is 4.79 Å². The fourth-order valence-corrected chi connectivity index (χ4v) is 4.02. The average molecular weight is 292 g/mol. The van der Waals surface area contributed by atoms with E-state index in [1.807, 2.05) is 12.1 Å². The molecule has 0 saturated carbocycles. The topological polar surface area (TPSA) is 46.3 Å². The number of amides is 1. The molecule has 1 aliphatic carbocycles. The number of piperidine rings is 1. The number of fused-ring (bicyclic) bond motifs is 3. The maximum absolute atomic E-state index is 12.9. The second-order valence-electron chi connectivity index (χ2n) is 6.34. The molecule has 1 fully saturated rings. The van der Waals surface area contributed by atoms with Gasteiger partial charge < -0.3 is 10.6 Å². The Bertz CT molecular complexity index is 708. The van der Waals surface area contributed by atoms with Crippen LogP contribution >= 0.6 is 0 Å². The Morgan fingerprint density at radius 1 is 1.09 bits per heavy atom. The Balaban J connectivity index is 1.63. The number of rotatable bonds is 1. The van der Waals surface area contributed by atoms with Crippen molar-refractivity contribution in [1.29, 1.82) is 0 Å². The highest BCUT2D eigenvalue weighted by Gasteiger charge is 2.40. The van der Waals surface area contributed by atoms with Crippen LogP contribution in [0.4, 0.5) is 5.69 Å². The van der Waals surface area contributed by atoms with Gasteiger partial charge in [-0.25, -0.2) is 0 Å². The molecular formula is C19H20N2O. The van der Waals surface area contributed by atoms with Gasteiger partial charge in [0.05, 0.1) is 0 Å². The van der Waals surface area contributed by atoms with Crippen LogP contribution in [0.25, 0.3) is 0 Å². The minimum absolute atomic E-state index is 0.141. The Kier molecular flexibility index (Phi) is 3.14. The van der Waals surface area contributed by atoms with Crippen LogP contribution < -0.4 is 5.73 Å². The van der Waals surface area contributed by atoms with Gasteiger partial charge in [0.25, 0.3) is 5.91 Å². The first kappa shape index (κ1) is 13.4. The fourth-order valence-electron chi connectivity index (χ4n) is 4.02. The molecule has 0 aromatic heterocycles. The molecule has 0 bridgehead atoms. The van der Waals surface area contributed by atoms with E-state index in [0.29, 0.717) is 17.6 Å². The Labute approximate surface area is 130 Å². The summed E-state index contributed by atoms with van der Waals surface area (Å²) < 4.78 is 0. The van der Waals surface area contributed by atoms with Gasteiger partial charge in [-0.1, -0.05) is 24.3 Å². The van der Waals surface area contributed by atoms with E-state index < -0.39 is 0 Å². The lowest BCUT2D eigenvalue weighted by Gasteiger charge is -2.38. The lowest BCUT2D eigenvalue weighted by atomic mass is 9.88. The van der Waals surface area contributed by atoms with Gasteiger partial charge >= 0.3 is 0 Å². The van der Waals surface area contributed by atoms with Crippen LogP contribution in [-0.4, -0.2) is 23.4 Å². The van der Waals surface area contributed by atoms with E-state index in [-0.39, 0.29) is 5.91 Å². The summed E-state index contributed by atoms with van der Waals surface area (Å²) >= 11 is 0. The molecule has 2 atom stereocenters. The summed E-state index contributed by atoms with van der Waals surface area (Å²) in [6.07, 6.45) is 3.25. The van der Waals surface area contributed by atoms with Crippen molar-refractivity contribution in [3.05, 3.63) is 65.2 Å². The van der Waals surface area contributed by atoms with Crippen molar-refractivity contribution >= 4 is 11.6 Å². The molecule has 0 radical (unpaired) electrons. The lowest BCUT2D eigenvalue weighted by Crippen LogP contribution is -2.46. The Morgan fingerprint density at radius 3 is 2.68 bits per heavy atom. The highest BCUT2D eigenvalue weighted by Crippen LogP contribution is 2.42. The van der Waals surface area contributed by atoms with Gasteiger partial charge in [-0.2, -0.15) is 0 Å². The van der Waals surface area contributed by atoms with Gasteiger partial charge in [0.2, 0.25) is 0 Å². The predicted octanol–water partition coefficient (Wildman–Crippen LogP) is 3.21. The van der Waals surface area contributed by atoms with Crippen molar-refractivity contribution in [3.8, 4) is 0 Å². The first-order valence-electron chi connectivity index (χ1n) is 7.98. The predicted molar refractivity (Wildman–Crippen MR) is 87.8 cm³/mol. The summed E-state index contributed by atoms with van der Waals surface area (Å²) in [5.74, 6) is 0.644. The minimum Gasteiger partial charge on any atom is -0.399 e. The van der Waals surface area contributed by atoms with E-state index in [4.69, 9.17) is 5.73 Å². The number of nitrogens with zero attached hydrogens (tertiary/aromatic N) is 1. The third-order valence-corrected chi connectivity index (χ3v) is 5.08. The second kappa shape index (κ2) is 5.16. The molecule has 2 N–H and O–H groups in total. The van der Waals surface area contributed by atoms with E-state index in [1.54, 1.807) is 12.1 Å². The summed E-state index contributed by atoms with van der Waals surface area (Å²) in [4.78, 5) is 15.0. The molecule has 1 unspecified atom stereocenters. The van der Waals surface area contributed by atoms with Crippen LogP contribution in [0.2, 0.25) is 0 Å². The summed E-state index contributed by atoms with van der Waals surface area (Å²) in [5.41, 5.74) is 10.0. The SMILES string of the molecule is Nc1ccc(C(=O)N2CCCC3c4ccccc4C[C@@H]32)cc1. The minimum atomic E-state index is 0.141. The van der Waals surface area contributed by atoms with Crippen molar-refractivity contribution in [2.24, 2.45) is 0 Å². The van der Waals surface area contributed by atoms with E-state index in [2.05, 4.69) is 29.2 Å². The van der Waals surface area contributed by atoms with Crippen molar-refractivity contribution < 1.29 is 4.79 Å². The zero-order valence-corrected chi connectivity index (χ0v) is 12.5. The molecule has 1 aliphatic heterocycles. The fraction of sp³-hybridized carbons (Fsp3) is 0.316. The van der Waals surface area contributed by atoms with Crippen molar-refractivity contribution in [3.63, 3.8) is 0 Å². The number of carbonyl (C=O) groups is 1. The third-order valence-electron chi connectivity index (χ3n) is 5.08. The monoisotopic (exact) mass is 292 g/mol. The second-order valence-corrected chi connectivity index (χ2v) is 6.34. The van der Waals surface area contributed by atoms with Gasteiger partial charge in [-0.15, -0.1) is 0 Å². The zero-order chi connectivity index (χ0) is 15.1. The van der Waals surface area contributed by atoms with Gasteiger partial charge in [0, 0.05) is 29.8 Å². The van der Waals surface area contributed by atoms with Crippen LogP contribution in [0.1, 0.15) is 40.2 Å². The standard InChI is InChI=1S/C19H20N2O/c20-15-9-7-13(8-10-15)19(22)21-11-3-6-17-16-5-2-1-4-14(16)12-18(17)21/h1-2,4-5,7-10,17-18H,3,6,11-12,20H2/t17?,18-/m0/s1. The molecule has 1 amide bonds. The number of hydrogen-bond donors (Lipinski definition) is 1. The van der Waals surface area contributed by atoms with Crippen molar-refractivity contribution in [2.75, 3.05) is 12.3 Å². The first-order chi connectivity index (χ1) is 10.7. The molecule has 112 valence electrons. The Hall–Kier alpha value is -2.29. The van der Waals surface area contributed by atoms with Crippen LogP contribution in [0.5, 0.6) is 0 Å².